The highest BCUT2D eigenvalue weighted by Gasteiger charge is 2.12. The van der Waals surface area contributed by atoms with Gasteiger partial charge in [-0.2, -0.15) is 0 Å². The number of nitrogens with two attached hydrogens (primary N) is 2. The number of halogens is 1. The molecule has 0 aliphatic heterocycles. The van der Waals surface area contributed by atoms with E-state index in [2.05, 4.69) is 0 Å². The second kappa shape index (κ2) is 9.78. The van der Waals surface area contributed by atoms with E-state index in [1.807, 2.05) is 71.3 Å². The number of hydrogen-bond acceptors (Lipinski definition) is 2. The first kappa shape index (κ1) is 18.9. The Hall–Kier alpha value is -1.16. The third-order valence-corrected chi connectivity index (χ3v) is 4.89. The van der Waals surface area contributed by atoms with E-state index in [-0.39, 0.29) is 25.0 Å². The van der Waals surface area contributed by atoms with Crippen LogP contribution < -0.4 is 27.9 Å². The summed E-state index contributed by atoms with van der Waals surface area (Å²) >= 11 is 0. The molecule has 0 atom stereocenters. The Balaban J connectivity index is 0.00000242. The van der Waals surface area contributed by atoms with Gasteiger partial charge in [-0.3, -0.25) is 0 Å². The monoisotopic (exact) mass is 340 g/mol. The molecule has 0 fully saturated rings. The molecule has 0 heterocycles. The minimum Gasteiger partial charge on any atom is -1.00 e. The minimum absolute atomic E-state index is 0. The van der Waals surface area contributed by atoms with Crippen LogP contribution in [0, 0.1) is 0 Å². The molecule has 0 unspecified atom stereocenters. The van der Waals surface area contributed by atoms with Gasteiger partial charge in [0.2, 0.25) is 0 Å². The van der Waals surface area contributed by atoms with E-state index >= 15 is 0 Å². The highest BCUT2D eigenvalue weighted by molar-refractivity contribution is 7.55. The van der Waals surface area contributed by atoms with Gasteiger partial charge in [0.05, 0.1) is 0 Å². The van der Waals surface area contributed by atoms with Gasteiger partial charge in [0.25, 0.3) is 0 Å². The van der Waals surface area contributed by atoms with Gasteiger partial charge in [-0.05, 0) is 0 Å². The van der Waals surface area contributed by atoms with Gasteiger partial charge in [-0.15, -0.1) is 0 Å². The summed E-state index contributed by atoms with van der Waals surface area (Å²) in [6, 6.07) is 19.8. The average molecular weight is 341 g/mol. The summed E-state index contributed by atoms with van der Waals surface area (Å²) in [5, 5.41) is 3.69. The molecular formula is C16H22ClN2O2P. The standard InChI is InChI=1S/C16H21N2O2P.ClH/c19-21(20,13-17-11-15-7-3-1-4-8-15)14-18-12-16-9-5-2-6-10-16;/h1-10,17-18H,11-14H2,(H,19,20);1H. The maximum Gasteiger partial charge on any atom is 0.122 e. The minimum atomic E-state index is -3.33. The van der Waals surface area contributed by atoms with Crippen molar-refractivity contribution in [3.05, 3.63) is 71.8 Å². The Morgan fingerprint density at radius 1 is 0.773 bits per heavy atom. The molecule has 0 spiro atoms. The van der Waals surface area contributed by atoms with Crippen molar-refractivity contribution in [3.63, 3.8) is 0 Å². The summed E-state index contributed by atoms with van der Waals surface area (Å²) < 4.78 is 12.0. The van der Waals surface area contributed by atoms with Crippen LogP contribution in [0.2, 0.25) is 0 Å². The SMILES string of the molecule is O=P([O-])(C[NH2+]Cc1ccccc1)C[NH2+]Cc1ccccc1.[Cl-]. The normalized spacial score (nSPS) is 11.0. The van der Waals surface area contributed by atoms with E-state index in [1.54, 1.807) is 0 Å². The van der Waals surface area contributed by atoms with Crippen LogP contribution in [0.3, 0.4) is 0 Å². The third kappa shape index (κ3) is 7.21. The zero-order chi connectivity index (χ0) is 15.0. The van der Waals surface area contributed by atoms with Crippen LogP contribution in [0.15, 0.2) is 60.7 Å². The lowest BCUT2D eigenvalue weighted by Gasteiger charge is -2.19. The van der Waals surface area contributed by atoms with E-state index in [0.717, 1.165) is 11.1 Å². The maximum absolute atomic E-state index is 12.0. The molecule has 0 saturated heterocycles. The molecule has 0 bridgehead atoms. The van der Waals surface area contributed by atoms with Gasteiger partial charge in [0.1, 0.15) is 33.0 Å². The van der Waals surface area contributed by atoms with Crippen LogP contribution in [0.1, 0.15) is 11.1 Å². The molecule has 2 aromatic carbocycles. The molecule has 0 aliphatic rings. The van der Waals surface area contributed by atoms with E-state index in [4.69, 9.17) is 0 Å². The van der Waals surface area contributed by atoms with Crippen molar-refractivity contribution >= 4 is 7.37 Å². The van der Waals surface area contributed by atoms with Crippen LogP contribution in [0.25, 0.3) is 0 Å². The third-order valence-electron chi connectivity index (χ3n) is 3.26. The second-order valence-electron chi connectivity index (χ2n) is 5.14. The van der Waals surface area contributed by atoms with Crippen molar-refractivity contribution in [2.75, 3.05) is 12.6 Å². The molecule has 2 rings (SSSR count). The zero-order valence-electron chi connectivity index (χ0n) is 12.4. The fourth-order valence-corrected chi connectivity index (χ4v) is 3.35. The van der Waals surface area contributed by atoms with E-state index < -0.39 is 7.37 Å². The van der Waals surface area contributed by atoms with Crippen molar-refractivity contribution in [1.82, 2.24) is 0 Å². The van der Waals surface area contributed by atoms with E-state index in [1.165, 1.54) is 0 Å². The maximum atomic E-state index is 12.0. The molecule has 0 amide bonds. The predicted molar refractivity (Wildman–Crippen MR) is 81.5 cm³/mol. The number of hydrogen-bond donors (Lipinski definition) is 2. The first-order valence-corrected chi connectivity index (χ1v) is 9.15. The molecular weight excluding hydrogens is 319 g/mol. The van der Waals surface area contributed by atoms with E-state index in [0.29, 0.717) is 13.1 Å². The molecule has 0 aliphatic carbocycles. The first-order valence-electron chi connectivity index (χ1n) is 7.16. The topological polar surface area (TPSA) is 73.3 Å². The zero-order valence-corrected chi connectivity index (χ0v) is 14.0. The molecule has 4 N–H and O–H groups in total. The molecule has 0 saturated carbocycles. The fourth-order valence-electron chi connectivity index (χ4n) is 2.16. The van der Waals surface area contributed by atoms with Crippen molar-refractivity contribution in [2.24, 2.45) is 0 Å². The largest absolute Gasteiger partial charge is 1.00 e. The average Bonchev–Trinajstić information content (AvgIpc) is 2.49. The number of benzene rings is 2. The van der Waals surface area contributed by atoms with Crippen molar-refractivity contribution in [1.29, 1.82) is 0 Å². The Morgan fingerprint density at radius 3 is 1.50 bits per heavy atom. The number of quaternary nitrogens is 2. The summed E-state index contributed by atoms with van der Waals surface area (Å²) in [5.41, 5.74) is 2.29. The summed E-state index contributed by atoms with van der Waals surface area (Å²) in [6.45, 7) is 1.40. The van der Waals surface area contributed by atoms with Crippen molar-refractivity contribution in [3.8, 4) is 0 Å². The first-order chi connectivity index (χ1) is 10.2. The Labute approximate surface area is 137 Å². The second-order valence-corrected chi connectivity index (χ2v) is 7.50. The van der Waals surface area contributed by atoms with Gasteiger partial charge in [0.15, 0.2) is 0 Å². The molecule has 0 aromatic heterocycles. The van der Waals surface area contributed by atoms with Crippen molar-refractivity contribution in [2.45, 2.75) is 13.1 Å². The lowest BCUT2D eigenvalue weighted by Crippen LogP contribution is -3.00. The molecule has 2 aromatic rings. The van der Waals surface area contributed by atoms with Gasteiger partial charge in [-0.1, -0.05) is 60.7 Å². The predicted octanol–water partition coefficient (Wildman–Crippen LogP) is -2.93. The molecule has 4 nitrogen and oxygen atoms in total. The number of rotatable bonds is 8. The van der Waals surface area contributed by atoms with Crippen LogP contribution in [0.5, 0.6) is 0 Å². The quantitative estimate of drug-likeness (QED) is 0.505. The Bertz CT molecular complexity index is 532. The van der Waals surface area contributed by atoms with Gasteiger partial charge in [-0.25, -0.2) is 0 Å². The molecule has 6 heteroatoms. The molecule has 120 valence electrons. The van der Waals surface area contributed by atoms with Crippen molar-refractivity contribution < 1.29 is 32.5 Å². The lowest BCUT2D eigenvalue weighted by molar-refractivity contribution is -0.670. The fraction of sp³-hybridized carbons (Fsp3) is 0.250. The Morgan fingerprint density at radius 2 is 1.14 bits per heavy atom. The van der Waals surface area contributed by atoms with Crippen LogP contribution in [-0.4, -0.2) is 12.6 Å². The summed E-state index contributed by atoms with van der Waals surface area (Å²) in [7, 11) is -3.33. The van der Waals surface area contributed by atoms with Crippen LogP contribution in [-0.2, 0) is 17.7 Å². The van der Waals surface area contributed by atoms with E-state index in [9.17, 15) is 9.46 Å². The smallest absolute Gasteiger partial charge is 0.122 e. The van der Waals surface area contributed by atoms with Gasteiger partial charge < -0.3 is 32.5 Å². The Kier molecular flexibility index (Phi) is 8.39. The van der Waals surface area contributed by atoms with Gasteiger partial charge >= 0.3 is 0 Å². The summed E-state index contributed by atoms with van der Waals surface area (Å²) in [4.78, 5) is 12.0. The van der Waals surface area contributed by atoms with Crippen LogP contribution >= 0.6 is 7.37 Å². The molecule has 0 radical (unpaired) electrons. The summed E-state index contributed by atoms with van der Waals surface area (Å²) in [5.74, 6) is 0. The lowest BCUT2D eigenvalue weighted by atomic mass is 10.2. The van der Waals surface area contributed by atoms with Crippen LogP contribution in [0.4, 0.5) is 0 Å². The molecule has 22 heavy (non-hydrogen) atoms. The highest BCUT2D eigenvalue weighted by Crippen LogP contribution is 2.27. The highest BCUT2D eigenvalue weighted by atomic mass is 35.5. The van der Waals surface area contributed by atoms with Gasteiger partial charge in [0, 0.05) is 11.1 Å². The summed E-state index contributed by atoms with van der Waals surface area (Å²) in [6.07, 6.45) is 0.320.